The first-order chi connectivity index (χ1) is 6.31. The molecular formula is C8H6BNO2S. The van der Waals surface area contributed by atoms with Crippen molar-refractivity contribution in [1.82, 2.24) is 0 Å². The van der Waals surface area contributed by atoms with Gasteiger partial charge in [0.1, 0.15) is 0 Å². The van der Waals surface area contributed by atoms with Crippen molar-refractivity contribution in [3.8, 4) is 0 Å². The van der Waals surface area contributed by atoms with E-state index in [9.17, 15) is 5.02 Å². The molecule has 0 saturated carbocycles. The van der Waals surface area contributed by atoms with Crippen LogP contribution in [0.3, 0.4) is 0 Å². The van der Waals surface area contributed by atoms with Gasteiger partial charge in [-0.25, -0.2) is 0 Å². The van der Waals surface area contributed by atoms with Crippen LogP contribution in [-0.4, -0.2) is 17.3 Å². The van der Waals surface area contributed by atoms with Gasteiger partial charge in [0.2, 0.25) is 0 Å². The summed E-state index contributed by atoms with van der Waals surface area (Å²) in [5.74, 6) is 0. The summed E-state index contributed by atoms with van der Waals surface area (Å²) in [7, 11) is -0.824. The lowest BCUT2D eigenvalue weighted by Gasteiger charge is -1.97. The van der Waals surface area contributed by atoms with Gasteiger partial charge < -0.3 is 9.68 Å². The molecule has 1 N–H and O–H groups in total. The van der Waals surface area contributed by atoms with Gasteiger partial charge in [-0.2, -0.15) is 4.99 Å². The first-order valence-electron chi connectivity index (χ1n) is 3.81. The molecule has 1 aromatic rings. The molecule has 13 heavy (non-hydrogen) atoms. The van der Waals surface area contributed by atoms with Gasteiger partial charge in [0.25, 0.3) is 0 Å². The van der Waals surface area contributed by atoms with Crippen LogP contribution in [0.15, 0.2) is 23.2 Å². The van der Waals surface area contributed by atoms with E-state index in [2.05, 4.69) is 22.4 Å². The maximum Gasteiger partial charge on any atom is 0.491 e. The minimum atomic E-state index is -0.824. The van der Waals surface area contributed by atoms with Gasteiger partial charge in [-0.3, -0.25) is 0 Å². The van der Waals surface area contributed by atoms with Crippen molar-refractivity contribution in [2.75, 3.05) is 0 Å². The summed E-state index contributed by atoms with van der Waals surface area (Å²) in [4.78, 5) is 3.82. The summed E-state index contributed by atoms with van der Waals surface area (Å²) in [6.45, 7) is 0.456. The van der Waals surface area contributed by atoms with Gasteiger partial charge in [0.05, 0.1) is 17.5 Å². The van der Waals surface area contributed by atoms with E-state index in [1.165, 1.54) is 0 Å². The van der Waals surface area contributed by atoms with Crippen LogP contribution >= 0.6 is 12.2 Å². The molecule has 0 saturated heterocycles. The second kappa shape index (κ2) is 3.40. The predicted molar refractivity (Wildman–Crippen MR) is 53.5 cm³/mol. The predicted octanol–water partition coefficient (Wildman–Crippen LogP) is 0.639. The first kappa shape index (κ1) is 8.60. The second-order valence-electron chi connectivity index (χ2n) is 2.75. The highest BCUT2D eigenvalue weighted by atomic mass is 32.1. The Balaban J connectivity index is 2.47. The summed E-state index contributed by atoms with van der Waals surface area (Å²) in [5.41, 5.74) is 2.46. The molecule has 0 fully saturated rings. The number of rotatable bonds is 1. The normalized spacial score (nSPS) is 13.8. The minimum Gasteiger partial charge on any atom is -0.423 e. The lowest BCUT2D eigenvalue weighted by Crippen LogP contribution is -2.27. The molecule has 3 nitrogen and oxygen atoms in total. The van der Waals surface area contributed by atoms with Crippen LogP contribution in [-0.2, 0) is 11.3 Å². The monoisotopic (exact) mass is 191 g/mol. The third-order valence-electron chi connectivity index (χ3n) is 1.97. The Morgan fingerprint density at radius 3 is 3.23 bits per heavy atom. The third-order valence-corrected chi connectivity index (χ3v) is 2.06. The zero-order valence-electron chi connectivity index (χ0n) is 6.73. The Hall–Kier alpha value is -0.995. The van der Waals surface area contributed by atoms with Crippen LogP contribution in [0.4, 0.5) is 5.69 Å². The Morgan fingerprint density at radius 2 is 2.46 bits per heavy atom. The number of hydrogen-bond acceptors (Lipinski definition) is 4. The summed E-state index contributed by atoms with van der Waals surface area (Å²) in [6.07, 6.45) is 0. The maximum absolute atomic E-state index is 9.36. The number of benzene rings is 1. The topological polar surface area (TPSA) is 41.8 Å². The molecule has 0 amide bonds. The van der Waals surface area contributed by atoms with Crippen LogP contribution in [0.25, 0.3) is 0 Å². The lowest BCUT2D eigenvalue weighted by molar-refractivity contribution is 0.275. The number of thiocarbonyl (C=S) groups is 1. The van der Waals surface area contributed by atoms with E-state index in [1.807, 2.05) is 12.1 Å². The maximum atomic E-state index is 9.36. The van der Waals surface area contributed by atoms with E-state index in [1.54, 1.807) is 6.07 Å². The van der Waals surface area contributed by atoms with Crippen molar-refractivity contribution in [3.05, 3.63) is 23.8 Å². The highest BCUT2D eigenvalue weighted by molar-refractivity contribution is 7.78. The highest BCUT2D eigenvalue weighted by Crippen LogP contribution is 2.15. The number of nitrogens with zero attached hydrogens (tertiary/aromatic N) is 1. The van der Waals surface area contributed by atoms with Crippen LogP contribution in [0, 0.1) is 0 Å². The van der Waals surface area contributed by atoms with Crippen molar-refractivity contribution in [3.63, 3.8) is 0 Å². The molecular weight excluding hydrogens is 185 g/mol. The fraction of sp³-hybridized carbons (Fsp3) is 0.125. The lowest BCUT2D eigenvalue weighted by atomic mass is 9.79. The number of fused-ring (bicyclic) bond motifs is 1. The van der Waals surface area contributed by atoms with Crippen LogP contribution < -0.4 is 5.46 Å². The molecule has 0 bridgehead atoms. The molecule has 1 heterocycles. The molecule has 0 unspecified atom stereocenters. The average molecular weight is 191 g/mol. The highest BCUT2D eigenvalue weighted by Gasteiger charge is 2.26. The molecule has 1 aliphatic heterocycles. The van der Waals surface area contributed by atoms with Crippen LogP contribution in [0.5, 0.6) is 0 Å². The van der Waals surface area contributed by atoms with E-state index < -0.39 is 7.12 Å². The molecule has 0 radical (unpaired) electrons. The quantitative estimate of drug-likeness (QED) is 0.402. The van der Waals surface area contributed by atoms with Crippen molar-refractivity contribution in [1.29, 1.82) is 0 Å². The van der Waals surface area contributed by atoms with E-state index in [0.717, 1.165) is 11.0 Å². The molecule has 1 aliphatic rings. The average Bonchev–Trinajstić information content (AvgIpc) is 2.49. The van der Waals surface area contributed by atoms with E-state index in [4.69, 9.17) is 4.65 Å². The van der Waals surface area contributed by atoms with Gasteiger partial charge in [0.15, 0.2) is 0 Å². The Morgan fingerprint density at radius 1 is 1.62 bits per heavy atom. The number of aliphatic imine (C=N–C) groups is 1. The standard InChI is InChI=1S/C8H6BNO2S/c11-9-8-3-7(10-5-13)2-1-6(8)4-12-9/h1-3,11H,4H2. The number of isothiocyanates is 1. The smallest absolute Gasteiger partial charge is 0.423 e. The van der Waals surface area contributed by atoms with Gasteiger partial charge in [-0.1, -0.05) is 6.07 Å². The number of hydrogen-bond donors (Lipinski definition) is 1. The van der Waals surface area contributed by atoms with E-state index in [-0.39, 0.29) is 0 Å². The molecule has 0 atom stereocenters. The van der Waals surface area contributed by atoms with Crippen molar-refractivity contribution in [2.45, 2.75) is 6.61 Å². The van der Waals surface area contributed by atoms with Gasteiger partial charge in [0, 0.05) is 0 Å². The summed E-state index contributed by atoms with van der Waals surface area (Å²) < 4.78 is 5.02. The molecule has 0 aliphatic carbocycles. The van der Waals surface area contributed by atoms with E-state index >= 15 is 0 Å². The van der Waals surface area contributed by atoms with Gasteiger partial charge in [-0.05, 0) is 35.4 Å². The SMILES string of the molecule is OB1OCc2ccc(N=C=S)cc21. The largest absolute Gasteiger partial charge is 0.491 e. The summed E-state index contributed by atoms with van der Waals surface area (Å²) >= 11 is 4.48. The molecule has 0 spiro atoms. The van der Waals surface area contributed by atoms with Crippen LogP contribution in [0.2, 0.25) is 0 Å². The Kier molecular flexibility index (Phi) is 2.25. The van der Waals surface area contributed by atoms with Crippen molar-refractivity contribution < 1.29 is 9.68 Å². The zero-order valence-corrected chi connectivity index (χ0v) is 7.54. The third kappa shape index (κ3) is 1.55. The van der Waals surface area contributed by atoms with Crippen LogP contribution in [0.1, 0.15) is 5.56 Å². The molecule has 2 rings (SSSR count). The molecule has 1 aromatic carbocycles. The molecule has 0 aromatic heterocycles. The fourth-order valence-corrected chi connectivity index (χ4v) is 1.43. The first-order valence-corrected chi connectivity index (χ1v) is 4.22. The zero-order chi connectivity index (χ0) is 9.26. The summed E-state index contributed by atoms with van der Waals surface area (Å²) in [5, 5.41) is 11.6. The Bertz CT molecular complexity index is 390. The second-order valence-corrected chi connectivity index (χ2v) is 2.93. The van der Waals surface area contributed by atoms with Gasteiger partial charge in [-0.15, -0.1) is 0 Å². The molecule has 5 heteroatoms. The fourth-order valence-electron chi connectivity index (χ4n) is 1.32. The van der Waals surface area contributed by atoms with Gasteiger partial charge >= 0.3 is 7.12 Å². The van der Waals surface area contributed by atoms with Crippen molar-refractivity contribution in [2.24, 2.45) is 4.99 Å². The summed E-state index contributed by atoms with van der Waals surface area (Å²) in [6, 6.07) is 5.45. The van der Waals surface area contributed by atoms with Crippen molar-refractivity contribution >= 4 is 35.6 Å². The molecule has 64 valence electrons. The Labute approximate surface area is 81.2 Å². The minimum absolute atomic E-state index is 0.456. The van der Waals surface area contributed by atoms with E-state index in [0.29, 0.717) is 12.3 Å².